The molecule has 5 rings (SSSR count). The Labute approximate surface area is 173 Å². The normalized spacial score (nSPS) is 15.8. The predicted octanol–water partition coefficient (Wildman–Crippen LogP) is 4.85. The van der Waals surface area contributed by atoms with Crippen LogP contribution in [0.1, 0.15) is 45.3 Å². The van der Waals surface area contributed by atoms with Crippen molar-refractivity contribution < 1.29 is 14.0 Å². The molecule has 0 radical (unpaired) electrons. The predicted molar refractivity (Wildman–Crippen MR) is 114 cm³/mol. The van der Waals surface area contributed by atoms with Crippen LogP contribution < -0.4 is 5.32 Å². The van der Waals surface area contributed by atoms with Gasteiger partial charge in [0.05, 0.1) is 17.3 Å². The molecule has 30 heavy (non-hydrogen) atoms. The molecule has 6 heteroatoms. The average Bonchev–Trinajstić information content (AvgIpc) is 3.30. The number of nitrogens with one attached hydrogen (secondary N) is 1. The second kappa shape index (κ2) is 6.69. The topological polar surface area (TPSA) is 77.1 Å². The van der Waals surface area contributed by atoms with Gasteiger partial charge in [0, 0.05) is 17.4 Å². The summed E-state index contributed by atoms with van der Waals surface area (Å²) >= 11 is 0. The van der Waals surface area contributed by atoms with E-state index < -0.39 is 5.92 Å². The third kappa shape index (κ3) is 2.84. The number of hydrogen-bond acceptors (Lipinski definition) is 4. The number of fused-ring (bicyclic) bond motifs is 2. The second-order valence-corrected chi connectivity index (χ2v) is 7.85. The maximum atomic E-state index is 13.4. The number of benzene rings is 2. The maximum absolute atomic E-state index is 13.4. The third-order valence-electron chi connectivity index (χ3n) is 5.82. The summed E-state index contributed by atoms with van der Waals surface area (Å²) < 4.78 is 7.50. The summed E-state index contributed by atoms with van der Waals surface area (Å²) in [4.78, 5) is 25.9. The van der Waals surface area contributed by atoms with Gasteiger partial charge >= 0.3 is 0 Å². The van der Waals surface area contributed by atoms with Gasteiger partial charge in [0.1, 0.15) is 11.4 Å². The summed E-state index contributed by atoms with van der Waals surface area (Å²) in [7, 11) is 0. The van der Waals surface area contributed by atoms with Gasteiger partial charge in [0.25, 0.3) is 0 Å². The molecule has 2 aromatic carbocycles. The fourth-order valence-electron chi connectivity index (χ4n) is 4.09. The molecule has 6 nitrogen and oxygen atoms in total. The quantitative estimate of drug-likeness (QED) is 0.500. The number of carbonyl (C=O) groups is 2. The Morgan fingerprint density at radius 2 is 1.90 bits per heavy atom. The van der Waals surface area contributed by atoms with Crippen LogP contribution in [0.25, 0.3) is 16.7 Å². The Bertz CT molecular complexity index is 1300. The molecule has 4 aromatic rings. The fraction of sp³-hybridized carbons (Fsp3) is 0.208. The van der Waals surface area contributed by atoms with Crippen LogP contribution in [0.5, 0.6) is 0 Å². The lowest BCUT2D eigenvalue weighted by molar-refractivity contribution is -0.116. The van der Waals surface area contributed by atoms with Crippen LogP contribution in [0.3, 0.4) is 0 Å². The Kier molecular flexibility index (Phi) is 4.10. The van der Waals surface area contributed by atoms with Gasteiger partial charge in [-0.05, 0) is 56.2 Å². The Morgan fingerprint density at radius 3 is 2.67 bits per heavy atom. The van der Waals surface area contributed by atoms with E-state index in [9.17, 15) is 9.59 Å². The number of furan rings is 1. The maximum Gasteiger partial charge on any atom is 0.226 e. The lowest BCUT2D eigenvalue weighted by atomic mass is 9.87. The van der Waals surface area contributed by atoms with Crippen LogP contribution >= 0.6 is 0 Å². The summed E-state index contributed by atoms with van der Waals surface area (Å²) in [6.45, 7) is 5.95. The highest BCUT2D eigenvalue weighted by atomic mass is 16.3. The summed E-state index contributed by atoms with van der Waals surface area (Å²) in [6.07, 6.45) is 0.0718. The molecular formula is C24H21N3O3. The number of amides is 1. The third-order valence-corrected chi connectivity index (χ3v) is 5.82. The molecule has 1 N–H and O–H groups in total. The van der Waals surface area contributed by atoms with Gasteiger partial charge in [-0.3, -0.25) is 9.59 Å². The Hall–Kier alpha value is -3.67. The molecule has 3 heterocycles. The molecule has 0 fully saturated rings. The van der Waals surface area contributed by atoms with Crippen molar-refractivity contribution in [3.05, 3.63) is 76.7 Å². The Morgan fingerprint density at radius 1 is 1.10 bits per heavy atom. The zero-order valence-corrected chi connectivity index (χ0v) is 17.0. The van der Waals surface area contributed by atoms with Crippen LogP contribution in [0, 0.1) is 20.8 Å². The standard InChI is InChI=1S/C24H21N3O3/c1-13-8-9-17(10-14(13)2)27-24-22(15(3)26-27)18(12-21(28)25-24)23(29)20-11-16-6-4-5-7-19(16)30-20/h4-11,18H,12H2,1-3H3,(H,25,28). The minimum Gasteiger partial charge on any atom is -0.453 e. The fourth-order valence-corrected chi connectivity index (χ4v) is 4.09. The van der Waals surface area contributed by atoms with Crippen molar-refractivity contribution in [2.24, 2.45) is 0 Å². The number of aryl methyl sites for hydroxylation is 3. The van der Waals surface area contributed by atoms with Crippen molar-refractivity contribution in [1.29, 1.82) is 0 Å². The van der Waals surface area contributed by atoms with Gasteiger partial charge < -0.3 is 9.73 Å². The minimum absolute atomic E-state index is 0.0718. The number of para-hydroxylation sites is 1. The summed E-state index contributed by atoms with van der Waals surface area (Å²) in [5.74, 6) is -0.219. The number of nitrogens with zero attached hydrogens (tertiary/aromatic N) is 2. The molecule has 0 saturated carbocycles. The van der Waals surface area contributed by atoms with Crippen molar-refractivity contribution >= 4 is 28.5 Å². The van der Waals surface area contributed by atoms with Gasteiger partial charge in [-0.15, -0.1) is 0 Å². The van der Waals surface area contributed by atoms with E-state index in [0.29, 0.717) is 11.4 Å². The Balaban J connectivity index is 1.61. The van der Waals surface area contributed by atoms with Crippen LogP contribution in [0.15, 0.2) is 52.9 Å². The molecule has 1 aliphatic rings. The molecular weight excluding hydrogens is 378 g/mol. The van der Waals surface area contributed by atoms with Gasteiger partial charge in [0.2, 0.25) is 11.7 Å². The summed E-state index contributed by atoms with van der Waals surface area (Å²) in [5, 5.41) is 8.44. The molecule has 1 aliphatic heterocycles. The summed E-state index contributed by atoms with van der Waals surface area (Å²) in [6, 6.07) is 15.2. The monoisotopic (exact) mass is 399 g/mol. The zero-order valence-electron chi connectivity index (χ0n) is 17.0. The van der Waals surface area contributed by atoms with Crippen molar-refractivity contribution in [3.8, 4) is 5.69 Å². The SMILES string of the molecule is Cc1ccc(-n2nc(C)c3c2NC(=O)CC3C(=O)c2cc3ccccc3o2)cc1C. The molecule has 0 saturated heterocycles. The van der Waals surface area contributed by atoms with E-state index in [-0.39, 0.29) is 23.9 Å². The van der Waals surface area contributed by atoms with E-state index in [4.69, 9.17) is 4.42 Å². The number of hydrogen-bond donors (Lipinski definition) is 1. The van der Waals surface area contributed by atoms with E-state index in [0.717, 1.165) is 27.9 Å². The van der Waals surface area contributed by atoms with Crippen LogP contribution in [0.2, 0.25) is 0 Å². The highest BCUT2D eigenvalue weighted by molar-refractivity contribution is 6.08. The molecule has 150 valence electrons. The lowest BCUT2D eigenvalue weighted by Gasteiger charge is -2.22. The van der Waals surface area contributed by atoms with Crippen LogP contribution in [0.4, 0.5) is 5.82 Å². The van der Waals surface area contributed by atoms with Crippen molar-refractivity contribution in [2.45, 2.75) is 33.1 Å². The first-order chi connectivity index (χ1) is 14.4. The molecule has 0 aliphatic carbocycles. The van der Waals surface area contributed by atoms with Gasteiger partial charge in [-0.2, -0.15) is 5.10 Å². The number of anilines is 1. The minimum atomic E-state index is -0.630. The first kappa shape index (κ1) is 18.4. The second-order valence-electron chi connectivity index (χ2n) is 7.85. The van der Waals surface area contributed by atoms with E-state index in [2.05, 4.69) is 10.4 Å². The van der Waals surface area contributed by atoms with E-state index in [1.807, 2.05) is 63.2 Å². The lowest BCUT2D eigenvalue weighted by Crippen LogP contribution is -2.28. The summed E-state index contributed by atoms with van der Waals surface area (Å²) in [5.41, 5.74) is 5.28. The molecule has 1 amide bonds. The van der Waals surface area contributed by atoms with E-state index in [1.165, 1.54) is 5.56 Å². The van der Waals surface area contributed by atoms with E-state index >= 15 is 0 Å². The first-order valence-corrected chi connectivity index (χ1v) is 9.92. The molecule has 1 unspecified atom stereocenters. The molecule has 1 atom stereocenters. The van der Waals surface area contributed by atoms with Crippen LogP contribution in [-0.2, 0) is 4.79 Å². The molecule has 0 spiro atoms. The van der Waals surface area contributed by atoms with Crippen molar-refractivity contribution in [3.63, 3.8) is 0 Å². The highest BCUT2D eigenvalue weighted by Gasteiger charge is 2.37. The first-order valence-electron chi connectivity index (χ1n) is 9.92. The van der Waals surface area contributed by atoms with Gasteiger partial charge in [-0.25, -0.2) is 4.68 Å². The van der Waals surface area contributed by atoms with Crippen LogP contribution in [-0.4, -0.2) is 21.5 Å². The average molecular weight is 399 g/mol. The smallest absolute Gasteiger partial charge is 0.226 e. The van der Waals surface area contributed by atoms with Gasteiger partial charge in [-0.1, -0.05) is 24.3 Å². The van der Waals surface area contributed by atoms with E-state index in [1.54, 1.807) is 10.7 Å². The number of Topliss-reactive ketones (excluding diaryl/α,β-unsaturated/α-hetero) is 1. The van der Waals surface area contributed by atoms with Gasteiger partial charge in [0.15, 0.2) is 5.76 Å². The number of carbonyl (C=O) groups excluding carboxylic acids is 2. The zero-order chi connectivity index (χ0) is 21.0. The van der Waals surface area contributed by atoms with Crippen molar-refractivity contribution in [2.75, 3.05) is 5.32 Å². The number of rotatable bonds is 3. The molecule has 0 bridgehead atoms. The molecule has 2 aromatic heterocycles. The van der Waals surface area contributed by atoms with Crippen molar-refractivity contribution in [1.82, 2.24) is 9.78 Å². The highest BCUT2D eigenvalue weighted by Crippen LogP contribution is 2.39. The number of aromatic nitrogens is 2. The largest absolute Gasteiger partial charge is 0.453 e. The number of ketones is 1.